The van der Waals surface area contributed by atoms with Crippen molar-refractivity contribution in [1.29, 1.82) is 0 Å². The van der Waals surface area contributed by atoms with E-state index in [1.165, 1.54) is 25.7 Å². The topological polar surface area (TPSA) is 234 Å². The zero-order valence-corrected chi connectivity index (χ0v) is 57.5. The Morgan fingerprint density at radius 2 is 1.12 bits per heavy atom. The molecule has 1 rings (SSSR count). The minimum absolute atomic E-state index is 0. The van der Waals surface area contributed by atoms with E-state index in [1.807, 2.05) is 37.3 Å². The number of carboxylic acid groups (broad SMARTS) is 3. The first-order chi connectivity index (χ1) is 42.7. The molecule has 0 saturated carbocycles. The molecule has 0 bridgehead atoms. The summed E-state index contributed by atoms with van der Waals surface area (Å²) in [5.74, 6) is -6.42. The monoisotopic (exact) mass is 1420 g/mol. The maximum atomic E-state index is 13.2. The normalized spacial score (nSPS) is 15.9. The number of cyclic esters (lactones) is 2. The van der Waals surface area contributed by atoms with Crippen LogP contribution < -0.4 is 0 Å². The molecule has 1 aliphatic heterocycles. The number of carbonyl (C=O) groups is 7. The molecule has 0 aromatic carbocycles. The van der Waals surface area contributed by atoms with E-state index in [-0.39, 0.29) is 81.8 Å². The van der Waals surface area contributed by atoms with Gasteiger partial charge in [0.2, 0.25) is 0 Å². The first kappa shape index (κ1) is 83.8. The van der Waals surface area contributed by atoms with Gasteiger partial charge in [0, 0.05) is 31.6 Å². The van der Waals surface area contributed by atoms with Crippen LogP contribution in [0.1, 0.15) is 272 Å². The van der Waals surface area contributed by atoms with Crippen molar-refractivity contribution >= 4 is 48.1 Å². The molecule has 15 nitrogen and oxygen atoms in total. The van der Waals surface area contributed by atoms with Crippen LogP contribution in [0.3, 0.4) is 0 Å². The molecule has 7 unspecified atom stereocenters. The van der Waals surface area contributed by atoms with Gasteiger partial charge in [-0.05, 0) is 114 Å². The largest absolute Gasteiger partial charge is 1.00 e. The number of ether oxygens (including phenoxy) is 4. The SMILES string of the molecule is CC/C=C(/CCCCCCC/C=C\C/C=C\C=C\C(CC)C(CC(=O)O)C(=O)O)OCCC(COC(=O)CCCCCCC/C=C\C=C\C(CCCCC)C(C[C-]=O)C(=O)O)OC(=O)CCCCCC/C=C/C(CCCCCCCC)C1CC(=O)OC1=O.[Os+]. The first-order valence-electron chi connectivity index (χ1n) is 34.1. The summed E-state index contributed by atoms with van der Waals surface area (Å²) in [5, 5.41) is 28.2. The number of aliphatic carboxylic acids is 3. The van der Waals surface area contributed by atoms with Crippen molar-refractivity contribution in [3.8, 4) is 0 Å². The van der Waals surface area contributed by atoms with Crippen LogP contribution in [0.25, 0.3) is 0 Å². The Labute approximate surface area is 548 Å². The summed E-state index contributed by atoms with van der Waals surface area (Å²) >= 11 is 0. The average molecular weight is 1420 g/mol. The molecule has 0 aliphatic carbocycles. The Bertz CT molecular complexity index is 2140. The fraction of sp³-hybridized carbons (Fsp3) is 0.699. The fourth-order valence-electron chi connectivity index (χ4n) is 11.0. The average Bonchev–Trinajstić information content (AvgIpc) is 3.95. The van der Waals surface area contributed by atoms with Crippen LogP contribution in [0, 0.1) is 35.5 Å². The van der Waals surface area contributed by atoms with Crippen LogP contribution in [0.5, 0.6) is 0 Å². The molecule has 0 amide bonds. The van der Waals surface area contributed by atoms with E-state index in [1.54, 1.807) is 18.4 Å². The minimum atomic E-state index is -1.11. The molecular weight excluding hydrogens is 1310 g/mol. The Morgan fingerprint density at radius 1 is 0.573 bits per heavy atom. The predicted molar refractivity (Wildman–Crippen MR) is 348 cm³/mol. The van der Waals surface area contributed by atoms with Gasteiger partial charge >= 0.3 is 61.6 Å². The third-order valence-corrected chi connectivity index (χ3v) is 16.3. The molecule has 1 fully saturated rings. The zero-order chi connectivity index (χ0) is 64.7. The summed E-state index contributed by atoms with van der Waals surface area (Å²) in [4.78, 5) is 96.0. The Hall–Kier alpha value is -5.22. The van der Waals surface area contributed by atoms with Crippen molar-refractivity contribution in [2.75, 3.05) is 13.2 Å². The molecule has 0 spiro atoms. The molecule has 3 N–H and O–H groups in total. The van der Waals surface area contributed by atoms with Crippen molar-refractivity contribution in [3.63, 3.8) is 0 Å². The summed E-state index contributed by atoms with van der Waals surface area (Å²) < 4.78 is 22.8. The number of carbonyl (C=O) groups excluding carboxylic acids is 5. The van der Waals surface area contributed by atoms with Crippen LogP contribution in [-0.4, -0.2) is 82.7 Å². The molecule has 505 valence electrons. The van der Waals surface area contributed by atoms with Gasteiger partial charge in [0.05, 0.1) is 37.0 Å². The second-order valence-corrected chi connectivity index (χ2v) is 23.7. The van der Waals surface area contributed by atoms with Crippen LogP contribution >= 0.6 is 0 Å². The first-order valence-corrected chi connectivity index (χ1v) is 34.1. The minimum Gasteiger partial charge on any atom is -0.542 e. The van der Waals surface area contributed by atoms with Crippen molar-refractivity contribution < 1.29 is 92.4 Å². The summed E-state index contributed by atoms with van der Waals surface area (Å²) in [6.07, 6.45) is 58.1. The summed E-state index contributed by atoms with van der Waals surface area (Å²) in [6.45, 7) is 8.51. The van der Waals surface area contributed by atoms with E-state index in [9.17, 15) is 48.6 Å². The molecule has 1 heterocycles. The van der Waals surface area contributed by atoms with Gasteiger partial charge in [0.25, 0.3) is 0 Å². The molecule has 7 atom stereocenters. The van der Waals surface area contributed by atoms with E-state index in [0.717, 1.165) is 166 Å². The van der Waals surface area contributed by atoms with E-state index in [4.69, 9.17) is 24.1 Å². The van der Waals surface area contributed by atoms with Gasteiger partial charge in [-0.1, -0.05) is 210 Å². The van der Waals surface area contributed by atoms with E-state index >= 15 is 0 Å². The Morgan fingerprint density at radius 3 is 1.72 bits per heavy atom. The summed E-state index contributed by atoms with van der Waals surface area (Å²) in [6, 6.07) is 0. The van der Waals surface area contributed by atoms with Gasteiger partial charge in [0.15, 0.2) is 0 Å². The third-order valence-electron chi connectivity index (χ3n) is 16.3. The number of hydrogen-bond acceptors (Lipinski definition) is 12. The molecule has 89 heavy (non-hydrogen) atoms. The smallest absolute Gasteiger partial charge is 0.542 e. The van der Waals surface area contributed by atoms with Crippen molar-refractivity contribution in [3.05, 3.63) is 84.7 Å². The number of allylic oxidation sites excluding steroid dienone is 14. The van der Waals surface area contributed by atoms with Crippen LogP contribution in [0.2, 0.25) is 0 Å². The van der Waals surface area contributed by atoms with Gasteiger partial charge in [0.1, 0.15) is 12.7 Å². The van der Waals surface area contributed by atoms with Crippen molar-refractivity contribution in [2.24, 2.45) is 35.5 Å². The molecule has 1 radical (unpaired) electrons. The van der Waals surface area contributed by atoms with Gasteiger partial charge in [-0.3, -0.25) is 39.8 Å². The summed E-state index contributed by atoms with van der Waals surface area (Å²) in [7, 11) is 0. The van der Waals surface area contributed by atoms with Gasteiger partial charge < -0.3 is 39.1 Å². The predicted octanol–water partition coefficient (Wildman–Crippen LogP) is 17.7. The molecular formula is C73H115O15Os. The number of hydrogen-bond donors (Lipinski definition) is 3. The van der Waals surface area contributed by atoms with Crippen LogP contribution in [0.4, 0.5) is 0 Å². The molecule has 0 aromatic rings. The Kier molecular flexibility index (Phi) is 54.5. The second kappa shape index (κ2) is 57.9. The van der Waals surface area contributed by atoms with E-state index in [2.05, 4.69) is 57.2 Å². The van der Waals surface area contributed by atoms with Crippen LogP contribution in [-0.2, 0) is 77.1 Å². The third kappa shape index (κ3) is 45.6. The number of unbranched alkanes of at least 4 members (excludes halogenated alkanes) is 21. The van der Waals surface area contributed by atoms with Gasteiger partial charge in [-0.2, -0.15) is 0 Å². The van der Waals surface area contributed by atoms with Crippen molar-refractivity contribution in [2.45, 2.75) is 278 Å². The quantitative estimate of drug-likeness (QED) is 0.00751. The van der Waals surface area contributed by atoms with Gasteiger partial charge in [-0.15, -0.1) is 6.42 Å². The maximum Gasteiger partial charge on any atom is 1.00 e. The Balaban J connectivity index is 0.0000774. The number of esters is 4. The molecule has 1 aliphatic rings. The number of rotatable bonds is 59. The standard InChI is InChI=1S/C73H115O15.Os/c1-5-9-11-12-28-38-47-61(66-57-70(79)88-73(66)84)48-39-31-26-27-34-42-51-69(78)87-63(58-86-68(77)50-41-33-25-21-17-19-23-30-37-46-60(45-35-10-6-2)64(52-54-74)71(80)81)53-55-85-62(43-7-3)49-40-32-24-20-16-14-13-15-18-22-29-36-44-59(8-4)65(72(82)83)56-67(75)76;/h13,15,22-23,29-30,36-37,39,43-44,46,48,59-61,63-66H,5-12,14,16-21,24-28,31-35,38,40-42,45,47,49-53,55-58H2,1-4H3,(H,75,76)(H,80,81)(H,82,83);/q-1;+1/b15-13-,29-22-,30-23-,44-36+,46-37+,48-39+,62-43-;. The molecule has 1 saturated heterocycles. The maximum absolute atomic E-state index is 13.2. The summed E-state index contributed by atoms with van der Waals surface area (Å²) in [5.41, 5.74) is 0. The molecule has 0 aromatic heterocycles. The van der Waals surface area contributed by atoms with Gasteiger partial charge in [-0.25, -0.2) is 0 Å². The van der Waals surface area contributed by atoms with Crippen LogP contribution in [0.15, 0.2) is 84.7 Å². The van der Waals surface area contributed by atoms with E-state index < -0.39 is 60.1 Å². The van der Waals surface area contributed by atoms with E-state index in [0.29, 0.717) is 32.3 Å². The fourth-order valence-corrected chi connectivity index (χ4v) is 11.0. The second-order valence-electron chi connectivity index (χ2n) is 23.7. The molecule has 16 heteroatoms. The number of carboxylic acids is 3. The zero-order valence-electron chi connectivity index (χ0n) is 54.9. The van der Waals surface area contributed by atoms with Crippen molar-refractivity contribution in [1.82, 2.24) is 0 Å².